The number of carbonyl (C=O) groups excluding carboxylic acids is 1. The molecule has 2 N–H and O–H groups in total. The fourth-order valence-corrected chi connectivity index (χ4v) is 4.07. The Labute approximate surface area is 173 Å². The molecule has 0 aliphatic rings. The van der Waals surface area contributed by atoms with Gasteiger partial charge in [-0.3, -0.25) is 4.79 Å². The molecular formula is C21H33NO6S. The van der Waals surface area contributed by atoms with E-state index in [1.165, 1.54) is 0 Å². The summed E-state index contributed by atoms with van der Waals surface area (Å²) in [5.74, 6) is -1.73. The van der Waals surface area contributed by atoms with Crippen molar-refractivity contribution < 1.29 is 27.9 Å². The van der Waals surface area contributed by atoms with Gasteiger partial charge in [-0.15, -0.1) is 0 Å². The number of carboxylic acid groups (broad SMARTS) is 1. The first kappa shape index (κ1) is 24.9. The molecule has 1 aromatic carbocycles. The van der Waals surface area contributed by atoms with Crippen LogP contribution < -0.4 is 10.1 Å². The molecule has 0 aromatic heterocycles. The summed E-state index contributed by atoms with van der Waals surface area (Å²) in [5.41, 5.74) is 1.34. The van der Waals surface area contributed by atoms with Crippen LogP contribution in [0.5, 0.6) is 5.75 Å². The highest BCUT2D eigenvalue weighted by atomic mass is 32.2. The number of carbonyl (C=O) groups is 2. The second-order valence-electron chi connectivity index (χ2n) is 9.31. The number of nitrogens with one attached hydrogen (secondary N) is 1. The van der Waals surface area contributed by atoms with E-state index in [9.17, 15) is 18.0 Å². The third-order valence-corrected chi connectivity index (χ3v) is 5.37. The van der Waals surface area contributed by atoms with Gasteiger partial charge >= 0.3 is 5.97 Å². The molecule has 1 amide bonds. The number of aliphatic carboxylic acids is 1. The van der Waals surface area contributed by atoms with E-state index in [2.05, 4.69) is 39.9 Å². The Morgan fingerprint density at radius 1 is 1.10 bits per heavy atom. The minimum atomic E-state index is -3.32. The van der Waals surface area contributed by atoms with E-state index in [0.717, 1.165) is 18.2 Å². The SMILES string of the molecule is CC(C)(C)CC(C)(C)c1ccc(OCC(=O)NC(CCS(C)(=O)=O)C(=O)O)cc1. The molecule has 0 aliphatic carbocycles. The third kappa shape index (κ3) is 9.78. The van der Waals surface area contributed by atoms with Crippen LogP contribution in [0.25, 0.3) is 0 Å². The molecule has 0 saturated carbocycles. The van der Waals surface area contributed by atoms with Gasteiger partial charge in [0.15, 0.2) is 6.61 Å². The fraction of sp³-hybridized carbons (Fsp3) is 0.619. The Morgan fingerprint density at radius 2 is 1.66 bits per heavy atom. The number of hydrogen-bond acceptors (Lipinski definition) is 5. The molecule has 164 valence electrons. The Balaban J connectivity index is 2.64. The highest BCUT2D eigenvalue weighted by Crippen LogP contribution is 2.36. The van der Waals surface area contributed by atoms with Crippen molar-refractivity contribution >= 4 is 21.7 Å². The molecule has 29 heavy (non-hydrogen) atoms. The Kier molecular flexibility index (Phi) is 8.26. The lowest BCUT2D eigenvalue weighted by molar-refractivity contribution is -0.142. The maximum atomic E-state index is 12.0. The summed E-state index contributed by atoms with van der Waals surface area (Å²) in [4.78, 5) is 23.2. The maximum absolute atomic E-state index is 12.0. The van der Waals surface area contributed by atoms with Crippen LogP contribution in [0.3, 0.4) is 0 Å². The van der Waals surface area contributed by atoms with Crippen molar-refractivity contribution in [3.8, 4) is 5.75 Å². The molecule has 1 aromatic rings. The fourth-order valence-electron chi connectivity index (χ4n) is 3.40. The maximum Gasteiger partial charge on any atom is 0.326 e. The van der Waals surface area contributed by atoms with Gasteiger partial charge in [0, 0.05) is 6.26 Å². The molecule has 0 heterocycles. The van der Waals surface area contributed by atoms with Crippen LogP contribution in [0.2, 0.25) is 0 Å². The van der Waals surface area contributed by atoms with E-state index in [1.807, 2.05) is 12.1 Å². The molecule has 7 nitrogen and oxygen atoms in total. The number of amides is 1. The monoisotopic (exact) mass is 427 g/mol. The van der Waals surface area contributed by atoms with Crippen LogP contribution in [-0.2, 0) is 24.8 Å². The standard InChI is InChI=1S/C21H33NO6S/c1-20(2,3)14-21(4,5)15-7-9-16(10-8-15)28-13-18(23)22-17(19(24)25)11-12-29(6,26)27/h7-10,17H,11-14H2,1-6H3,(H,22,23)(H,24,25). The molecule has 1 atom stereocenters. The predicted molar refractivity (Wildman–Crippen MR) is 113 cm³/mol. The third-order valence-electron chi connectivity index (χ3n) is 4.39. The molecule has 0 spiro atoms. The second kappa shape index (κ2) is 9.61. The van der Waals surface area contributed by atoms with Gasteiger partial charge in [-0.2, -0.15) is 0 Å². The van der Waals surface area contributed by atoms with Gasteiger partial charge in [0.1, 0.15) is 21.6 Å². The first-order chi connectivity index (χ1) is 13.1. The van der Waals surface area contributed by atoms with Crippen LogP contribution >= 0.6 is 0 Å². The molecule has 8 heteroatoms. The van der Waals surface area contributed by atoms with Gasteiger partial charge in [0.05, 0.1) is 5.75 Å². The van der Waals surface area contributed by atoms with E-state index in [4.69, 9.17) is 9.84 Å². The van der Waals surface area contributed by atoms with Gasteiger partial charge in [0.25, 0.3) is 5.91 Å². The minimum absolute atomic E-state index is 0.0114. The number of carboxylic acids is 1. The van der Waals surface area contributed by atoms with Crippen LogP contribution in [0.15, 0.2) is 24.3 Å². The molecular weight excluding hydrogens is 394 g/mol. The zero-order valence-corrected chi connectivity index (χ0v) is 18.9. The van der Waals surface area contributed by atoms with Crippen molar-refractivity contribution in [3.05, 3.63) is 29.8 Å². The van der Waals surface area contributed by atoms with Crippen molar-refractivity contribution in [2.24, 2.45) is 5.41 Å². The number of sulfone groups is 1. The average Bonchev–Trinajstić information content (AvgIpc) is 2.54. The van der Waals surface area contributed by atoms with Crippen molar-refractivity contribution in [3.63, 3.8) is 0 Å². The number of hydrogen-bond donors (Lipinski definition) is 2. The van der Waals surface area contributed by atoms with Gasteiger partial charge in [-0.05, 0) is 41.4 Å². The molecule has 1 unspecified atom stereocenters. The van der Waals surface area contributed by atoms with Crippen molar-refractivity contribution in [2.45, 2.75) is 58.9 Å². The molecule has 0 radical (unpaired) electrons. The number of benzene rings is 1. The Morgan fingerprint density at radius 3 is 2.10 bits per heavy atom. The summed E-state index contributed by atoms with van der Waals surface area (Å²) in [7, 11) is -3.32. The van der Waals surface area contributed by atoms with E-state index in [0.29, 0.717) is 5.75 Å². The average molecular weight is 428 g/mol. The lowest BCUT2D eigenvalue weighted by Crippen LogP contribution is -2.43. The summed E-state index contributed by atoms with van der Waals surface area (Å²) >= 11 is 0. The topological polar surface area (TPSA) is 110 Å². The number of ether oxygens (including phenoxy) is 1. The highest BCUT2D eigenvalue weighted by molar-refractivity contribution is 7.90. The van der Waals surface area contributed by atoms with E-state index < -0.39 is 27.8 Å². The van der Waals surface area contributed by atoms with E-state index in [1.54, 1.807) is 12.1 Å². The Bertz CT molecular complexity index is 807. The largest absolute Gasteiger partial charge is 0.484 e. The van der Waals surface area contributed by atoms with Gasteiger partial charge in [0.2, 0.25) is 0 Å². The smallest absolute Gasteiger partial charge is 0.326 e. The zero-order chi connectivity index (χ0) is 22.5. The summed E-state index contributed by atoms with van der Waals surface area (Å²) < 4.78 is 27.8. The van der Waals surface area contributed by atoms with Crippen LogP contribution in [0.4, 0.5) is 0 Å². The normalized spacial score (nSPS) is 13.6. The molecule has 0 fully saturated rings. The van der Waals surface area contributed by atoms with Crippen molar-refractivity contribution in [1.82, 2.24) is 5.32 Å². The van der Waals surface area contributed by atoms with Gasteiger partial charge in [-0.25, -0.2) is 13.2 Å². The van der Waals surface area contributed by atoms with Crippen molar-refractivity contribution in [2.75, 3.05) is 18.6 Å². The second-order valence-corrected chi connectivity index (χ2v) is 11.6. The molecule has 0 aliphatic heterocycles. The zero-order valence-electron chi connectivity index (χ0n) is 18.1. The Hall–Kier alpha value is -2.09. The van der Waals surface area contributed by atoms with E-state index >= 15 is 0 Å². The van der Waals surface area contributed by atoms with Crippen LogP contribution in [0, 0.1) is 5.41 Å². The summed E-state index contributed by atoms with van der Waals surface area (Å²) in [6.07, 6.45) is 1.83. The van der Waals surface area contributed by atoms with E-state index in [-0.39, 0.29) is 29.6 Å². The minimum Gasteiger partial charge on any atom is -0.484 e. The highest BCUT2D eigenvalue weighted by Gasteiger charge is 2.27. The summed E-state index contributed by atoms with van der Waals surface area (Å²) in [5, 5.41) is 11.4. The van der Waals surface area contributed by atoms with Gasteiger partial charge in [-0.1, -0.05) is 46.8 Å². The van der Waals surface area contributed by atoms with Crippen molar-refractivity contribution in [1.29, 1.82) is 0 Å². The first-order valence-corrected chi connectivity index (χ1v) is 11.6. The molecule has 1 rings (SSSR count). The number of rotatable bonds is 10. The summed E-state index contributed by atoms with van der Waals surface area (Å²) in [6.45, 7) is 10.6. The predicted octanol–water partition coefficient (Wildman–Crippen LogP) is 2.78. The summed E-state index contributed by atoms with van der Waals surface area (Å²) in [6, 6.07) is 6.22. The molecule has 0 saturated heterocycles. The van der Waals surface area contributed by atoms with Gasteiger partial charge < -0.3 is 15.2 Å². The quantitative estimate of drug-likeness (QED) is 0.594. The lowest BCUT2D eigenvalue weighted by Gasteiger charge is -2.33. The lowest BCUT2D eigenvalue weighted by atomic mass is 9.72. The first-order valence-electron chi connectivity index (χ1n) is 9.52. The van der Waals surface area contributed by atoms with Crippen LogP contribution in [0.1, 0.15) is 53.0 Å². The van der Waals surface area contributed by atoms with Crippen LogP contribution in [-0.4, -0.2) is 50.1 Å². The molecule has 0 bridgehead atoms.